The molecule has 3 heteroatoms. The van der Waals surface area contributed by atoms with Crippen LogP contribution in [0.3, 0.4) is 0 Å². The van der Waals surface area contributed by atoms with Crippen molar-refractivity contribution in [3.8, 4) is 6.07 Å². The summed E-state index contributed by atoms with van der Waals surface area (Å²) >= 11 is 0. The van der Waals surface area contributed by atoms with E-state index in [9.17, 15) is 5.11 Å². The van der Waals surface area contributed by atoms with E-state index in [0.717, 1.165) is 32.2 Å². The topological polar surface area (TPSA) is 47.3 Å². The van der Waals surface area contributed by atoms with Crippen LogP contribution in [0.5, 0.6) is 0 Å². The van der Waals surface area contributed by atoms with E-state index in [-0.39, 0.29) is 0 Å². The quantitative estimate of drug-likeness (QED) is 0.809. The summed E-state index contributed by atoms with van der Waals surface area (Å²) in [6.07, 6.45) is 3.93. The van der Waals surface area contributed by atoms with Crippen molar-refractivity contribution in [3.63, 3.8) is 0 Å². The highest BCUT2D eigenvalue weighted by atomic mass is 16.3. The molecule has 0 bridgehead atoms. The highest BCUT2D eigenvalue weighted by Crippen LogP contribution is 2.30. The van der Waals surface area contributed by atoms with Crippen LogP contribution >= 0.6 is 0 Å². The fourth-order valence-corrected chi connectivity index (χ4v) is 2.72. The maximum Gasteiger partial charge on any atom is 0.0869 e. The molecule has 1 fully saturated rings. The zero-order valence-electron chi connectivity index (χ0n) is 10.7. The van der Waals surface area contributed by atoms with Gasteiger partial charge in [0.25, 0.3) is 0 Å². The molecule has 0 atom stereocenters. The van der Waals surface area contributed by atoms with Crippen molar-refractivity contribution in [2.24, 2.45) is 0 Å². The van der Waals surface area contributed by atoms with Gasteiger partial charge in [0, 0.05) is 13.1 Å². The van der Waals surface area contributed by atoms with Crippen molar-refractivity contribution in [3.05, 3.63) is 35.9 Å². The fourth-order valence-electron chi connectivity index (χ4n) is 2.72. The molecule has 0 amide bonds. The number of hydrogen-bond acceptors (Lipinski definition) is 3. The first kappa shape index (κ1) is 13.1. The predicted octanol–water partition coefficient (Wildman–Crippen LogP) is 2.32. The van der Waals surface area contributed by atoms with Crippen LogP contribution < -0.4 is 0 Å². The normalized spacial score (nSPS) is 17.8. The summed E-state index contributed by atoms with van der Waals surface area (Å²) < 4.78 is 0. The molecule has 1 N–H and O–H groups in total. The van der Waals surface area contributed by atoms with Gasteiger partial charge in [0.15, 0.2) is 0 Å². The van der Waals surface area contributed by atoms with Crippen molar-refractivity contribution in [1.29, 1.82) is 5.26 Å². The van der Waals surface area contributed by atoms with Gasteiger partial charge in [-0.25, -0.2) is 0 Å². The van der Waals surface area contributed by atoms with Crippen LogP contribution in [0.15, 0.2) is 30.3 Å². The minimum absolute atomic E-state index is 0.372. The van der Waals surface area contributed by atoms with E-state index in [0.29, 0.717) is 13.1 Å². The third-order valence-electron chi connectivity index (χ3n) is 3.60. The van der Waals surface area contributed by atoms with Gasteiger partial charge < -0.3 is 5.11 Å². The van der Waals surface area contributed by atoms with Crippen LogP contribution in [0, 0.1) is 11.3 Å². The smallest absolute Gasteiger partial charge is 0.0869 e. The van der Waals surface area contributed by atoms with Crippen molar-refractivity contribution in [2.75, 3.05) is 13.1 Å². The van der Waals surface area contributed by atoms with Gasteiger partial charge in [-0.1, -0.05) is 43.2 Å². The molecule has 0 spiro atoms. The van der Waals surface area contributed by atoms with E-state index < -0.39 is 5.60 Å². The summed E-state index contributed by atoms with van der Waals surface area (Å²) in [5, 5.41) is 19.3. The zero-order valence-corrected chi connectivity index (χ0v) is 10.7. The highest BCUT2D eigenvalue weighted by molar-refractivity contribution is 5.14. The molecular formula is C15H20N2O. The summed E-state index contributed by atoms with van der Waals surface area (Å²) in [6.45, 7) is 1.71. The molecule has 1 aromatic rings. The second-order valence-electron chi connectivity index (χ2n) is 5.22. The summed E-state index contributed by atoms with van der Waals surface area (Å²) in [5.41, 5.74) is 0.611. The van der Waals surface area contributed by atoms with Gasteiger partial charge >= 0.3 is 0 Å². The molecule has 0 unspecified atom stereocenters. The predicted molar refractivity (Wildman–Crippen MR) is 70.7 cm³/mol. The van der Waals surface area contributed by atoms with E-state index in [4.69, 9.17) is 5.26 Å². The average molecular weight is 244 g/mol. The van der Waals surface area contributed by atoms with Crippen LogP contribution in [0.4, 0.5) is 0 Å². The van der Waals surface area contributed by atoms with Gasteiger partial charge in [-0.15, -0.1) is 0 Å². The van der Waals surface area contributed by atoms with Crippen LogP contribution in [0.2, 0.25) is 0 Å². The van der Waals surface area contributed by atoms with Gasteiger partial charge in [-0.3, -0.25) is 4.90 Å². The third kappa shape index (κ3) is 3.56. The van der Waals surface area contributed by atoms with Gasteiger partial charge in [-0.05, 0) is 18.4 Å². The van der Waals surface area contributed by atoms with Gasteiger partial charge in [-0.2, -0.15) is 5.26 Å². The molecule has 0 saturated heterocycles. The van der Waals surface area contributed by atoms with E-state index in [2.05, 4.69) is 18.2 Å². The average Bonchev–Trinajstić information content (AvgIpc) is 2.77. The van der Waals surface area contributed by atoms with E-state index in [1.165, 1.54) is 5.56 Å². The molecule has 1 saturated carbocycles. The molecular weight excluding hydrogens is 224 g/mol. The Morgan fingerprint density at radius 2 is 1.89 bits per heavy atom. The first-order chi connectivity index (χ1) is 8.72. The fraction of sp³-hybridized carbons (Fsp3) is 0.533. The number of aliphatic hydroxyl groups is 1. The maximum atomic E-state index is 10.4. The molecule has 96 valence electrons. The van der Waals surface area contributed by atoms with Crippen molar-refractivity contribution in [2.45, 2.75) is 37.8 Å². The molecule has 3 nitrogen and oxygen atoms in total. The number of nitriles is 1. The number of hydrogen-bond donors (Lipinski definition) is 1. The van der Waals surface area contributed by atoms with Gasteiger partial charge in [0.1, 0.15) is 0 Å². The monoisotopic (exact) mass is 244 g/mol. The lowest BCUT2D eigenvalue weighted by molar-refractivity contribution is 0.0108. The number of nitrogens with zero attached hydrogens (tertiary/aromatic N) is 2. The summed E-state index contributed by atoms with van der Waals surface area (Å²) in [6, 6.07) is 12.3. The van der Waals surface area contributed by atoms with Crippen molar-refractivity contribution in [1.82, 2.24) is 4.90 Å². The molecule has 0 aliphatic heterocycles. The SMILES string of the molecule is N#CCN(Cc1ccccc1)CC1(O)CCCC1. The van der Waals surface area contributed by atoms with Crippen LogP contribution in [0.25, 0.3) is 0 Å². The maximum absolute atomic E-state index is 10.4. The Labute approximate surface area is 109 Å². The van der Waals surface area contributed by atoms with Gasteiger partial charge in [0.2, 0.25) is 0 Å². The minimum atomic E-state index is -0.578. The Balaban J connectivity index is 1.98. The molecule has 2 rings (SSSR count). The highest BCUT2D eigenvalue weighted by Gasteiger charge is 2.32. The number of benzene rings is 1. The molecule has 1 aliphatic carbocycles. The molecule has 1 aromatic carbocycles. The minimum Gasteiger partial charge on any atom is -0.389 e. The molecule has 1 aliphatic rings. The lowest BCUT2D eigenvalue weighted by atomic mass is 10.0. The molecule has 18 heavy (non-hydrogen) atoms. The van der Waals surface area contributed by atoms with Gasteiger partial charge in [0.05, 0.1) is 18.2 Å². The summed E-state index contributed by atoms with van der Waals surface area (Å²) in [7, 11) is 0. The Kier molecular flexibility index (Phi) is 4.35. The second kappa shape index (κ2) is 5.99. The molecule has 0 radical (unpaired) electrons. The Bertz CT molecular complexity index is 404. The van der Waals surface area contributed by atoms with Crippen LogP contribution in [-0.2, 0) is 6.54 Å². The van der Waals surface area contributed by atoms with E-state index in [1.807, 2.05) is 23.1 Å². The summed E-state index contributed by atoms with van der Waals surface area (Å²) in [4.78, 5) is 2.04. The Hall–Kier alpha value is -1.37. The largest absolute Gasteiger partial charge is 0.389 e. The van der Waals surface area contributed by atoms with E-state index in [1.54, 1.807) is 0 Å². The van der Waals surface area contributed by atoms with Crippen LogP contribution in [0.1, 0.15) is 31.2 Å². The Morgan fingerprint density at radius 1 is 1.22 bits per heavy atom. The molecule has 0 heterocycles. The van der Waals surface area contributed by atoms with Crippen molar-refractivity contribution >= 4 is 0 Å². The standard InChI is InChI=1S/C15H20N2O/c16-10-11-17(12-14-6-2-1-3-7-14)13-15(18)8-4-5-9-15/h1-3,6-7,18H,4-5,8-9,11-13H2. The molecule has 0 aromatic heterocycles. The van der Waals surface area contributed by atoms with Crippen molar-refractivity contribution < 1.29 is 5.11 Å². The summed E-state index contributed by atoms with van der Waals surface area (Å²) in [5.74, 6) is 0. The first-order valence-electron chi connectivity index (χ1n) is 6.57. The number of rotatable bonds is 5. The van der Waals surface area contributed by atoms with Crippen LogP contribution in [-0.4, -0.2) is 28.7 Å². The second-order valence-corrected chi connectivity index (χ2v) is 5.22. The Morgan fingerprint density at radius 3 is 2.50 bits per heavy atom. The lowest BCUT2D eigenvalue weighted by Gasteiger charge is -2.29. The first-order valence-corrected chi connectivity index (χ1v) is 6.57. The lowest BCUT2D eigenvalue weighted by Crippen LogP contribution is -2.41. The van der Waals surface area contributed by atoms with E-state index >= 15 is 0 Å². The third-order valence-corrected chi connectivity index (χ3v) is 3.60. The zero-order chi connectivity index (χ0) is 12.8.